The molecular weight excluding hydrogens is 368 g/mol. The molecular formula is C22H25N4O3+. The summed E-state index contributed by atoms with van der Waals surface area (Å²) in [6.45, 7) is 4.36. The van der Waals surface area contributed by atoms with Crippen molar-refractivity contribution >= 4 is 16.8 Å². The van der Waals surface area contributed by atoms with Gasteiger partial charge >= 0.3 is 0 Å². The molecule has 1 saturated heterocycles. The first-order valence-electron chi connectivity index (χ1n) is 9.83. The third-order valence-corrected chi connectivity index (χ3v) is 5.48. The van der Waals surface area contributed by atoms with Gasteiger partial charge < -0.3 is 14.5 Å². The van der Waals surface area contributed by atoms with Gasteiger partial charge in [0.2, 0.25) is 11.3 Å². The van der Waals surface area contributed by atoms with E-state index in [1.807, 2.05) is 35.2 Å². The Labute approximate surface area is 169 Å². The number of aromatic nitrogens is 2. The van der Waals surface area contributed by atoms with Crippen LogP contribution in [0.25, 0.3) is 10.9 Å². The quantitative estimate of drug-likeness (QED) is 0.679. The number of carbonyl (C=O) groups is 1. The molecule has 0 unspecified atom stereocenters. The molecule has 1 amide bonds. The summed E-state index contributed by atoms with van der Waals surface area (Å²) in [5.41, 5.74) is 1.83. The molecule has 0 radical (unpaired) electrons. The van der Waals surface area contributed by atoms with E-state index < -0.39 is 0 Å². The molecule has 0 saturated carbocycles. The molecule has 3 aromatic rings. The summed E-state index contributed by atoms with van der Waals surface area (Å²) in [7, 11) is 1.67. The van der Waals surface area contributed by atoms with Gasteiger partial charge in [0.25, 0.3) is 0 Å². The molecule has 7 heteroatoms. The molecule has 0 bridgehead atoms. The van der Waals surface area contributed by atoms with Crippen molar-refractivity contribution in [1.82, 2.24) is 14.7 Å². The van der Waals surface area contributed by atoms with Gasteiger partial charge in [0, 0.05) is 10.9 Å². The van der Waals surface area contributed by atoms with Crippen LogP contribution in [0.1, 0.15) is 5.56 Å². The van der Waals surface area contributed by atoms with E-state index in [0.717, 1.165) is 38.5 Å². The molecule has 2 heterocycles. The number of carbonyl (C=O) groups excluding carboxylic acids is 1. The highest BCUT2D eigenvalue weighted by atomic mass is 16.5. The minimum Gasteiger partial charge on any atom is -0.497 e. The molecule has 7 nitrogen and oxygen atoms in total. The zero-order chi connectivity index (χ0) is 20.2. The predicted octanol–water partition coefficient (Wildman–Crippen LogP) is 0.332. The number of fused-ring (bicyclic) bond motifs is 1. The largest absolute Gasteiger partial charge is 0.497 e. The molecule has 1 aliphatic rings. The maximum Gasteiger partial charge on any atom is 0.244 e. The normalized spacial score (nSPS) is 14.9. The van der Waals surface area contributed by atoms with Crippen molar-refractivity contribution in [2.45, 2.75) is 13.1 Å². The number of ether oxygens (including phenoxy) is 1. The number of hydrogen-bond acceptors (Lipinski definition) is 4. The molecule has 1 N–H and O–H groups in total. The first kappa shape index (κ1) is 19.1. The van der Waals surface area contributed by atoms with Crippen molar-refractivity contribution in [1.29, 1.82) is 0 Å². The number of hydrogen-bond donors (Lipinski definition) is 1. The lowest BCUT2D eigenvalue weighted by atomic mass is 10.2. The highest BCUT2D eigenvalue weighted by molar-refractivity contribution is 5.81. The van der Waals surface area contributed by atoms with Crippen LogP contribution < -0.4 is 15.1 Å². The molecule has 29 heavy (non-hydrogen) atoms. The second kappa shape index (κ2) is 8.45. The predicted molar refractivity (Wildman–Crippen MR) is 110 cm³/mol. The first-order chi connectivity index (χ1) is 14.1. The SMILES string of the molecule is COc1ccc(C[NH+]2CCN(C(=O)Cn3ncc(=O)c4ccccc43)CC2)cc1. The van der Waals surface area contributed by atoms with Crippen LogP contribution in [0.4, 0.5) is 0 Å². The average molecular weight is 393 g/mol. The lowest BCUT2D eigenvalue weighted by Gasteiger charge is -2.32. The topological polar surface area (TPSA) is 68.9 Å². The molecule has 150 valence electrons. The number of rotatable bonds is 5. The van der Waals surface area contributed by atoms with Gasteiger partial charge in [0.05, 0.1) is 45.0 Å². The van der Waals surface area contributed by atoms with Gasteiger partial charge in [-0.25, -0.2) is 0 Å². The number of methoxy groups -OCH3 is 1. The van der Waals surface area contributed by atoms with E-state index in [-0.39, 0.29) is 17.9 Å². The van der Waals surface area contributed by atoms with Crippen molar-refractivity contribution in [2.75, 3.05) is 33.3 Å². The van der Waals surface area contributed by atoms with Crippen LogP contribution in [0.3, 0.4) is 0 Å². The highest BCUT2D eigenvalue weighted by Gasteiger charge is 2.24. The Balaban J connectivity index is 1.36. The smallest absolute Gasteiger partial charge is 0.244 e. The molecule has 4 rings (SSSR count). The highest BCUT2D eigenvalue weighted by Crippen LogP contribution is 2.11. The number of quaternary nitrogens is 1. The van der Waals surface area contributed by atoms with Crippen molar-refractivity contribution in [2.24, 2.45) is 0 Å². The van der Waals surface area contributed by atoms with E-state index in [2.05, 4.69) is 17.2 Å². The molecule has 0 atom stereocenters. The Bertz CT molecular complexity index is 1050. The van der Waals surface area contributed by atoms with Gasteiger partial charge in [0.1, 0.15) is 18.8 Å². The Morgan fingerprint density at radius 1 is 1.10 bits per heavy atom. The fourth-order valence-corrected chi connectivity index (χ4v) is 3.80. The average Bonchev–Trinajstić information content (AvgIpc) is 2.77. The van der Waals surface area contributed by atoms with Crippen LogP contribution in [0.15, 0.2) is 59.5 Å². The summed E-state index contributed by atoms with van der Waals surface area (Å²) in [5, 5.41) is 4.75. The van der Waals surface area contributed by atoms with E-state index in [4.69, 9.17) is 4.74 Å². The van der Waals surface area contributed by atoms with Gasteiger partial charge in [0.15, 0.2) is 0 Å². The van der Waals surface area contributed by atoms with Gasteiger partial charge in [-0.3, -0.25) is 14.3 Å². The fourth-order valence-electron chi connectivity index (χ4n) is 3.80. The van der Waals surface area contributed by atoms with Crippen LogP contribution >= 0.6 is 0 Å². The standard InChI is InChI=1S/C22H24N4O3/c1-29-18-8-6-17(7-9-18)15-24-10-12-25(13-11-24)22(28)16-26-20-5-3-2-4-19(20)21(27)14-23-26/h2-9,14H,10-13,15-16H2,1H3/p+1. The molecule has 0 spiro atoms. The zero-order valence-electron chi connectivity index (χ0n) is 16.5. The number of nitrogens with one attached hydrogen (secondary N) is 1. The van der Waals surface area contributed by atoms with Crippen LogP contribution in [0, 0.1) is 0 Å². The van der Waals surface area contributed by atoms with Crippen LogP contribution in [0.5, 0.6) is 5.75 Å². The van der Waals surface area contributed by atoms with Gasteiger partial charge in [-0.2, -0.15) is 5.10 Å². The Morgan fingerprint density at radius 2 is 1.83 bits per heavy atom. The zero-order valence-corrected chi connectivity index (χ0v) is 16.5. The number of amides is 1. The van der Waals surface area contributed by atoms with Crippen LogP contribution in [0.2, 0.25) is 0 Å². The summed E-state index contributed by atoms with van der Waals surface area (Å²) in [6.07, 6.45) is 1.28. The van der Waals surface area contributed by atoms with Gasteiger partial charge in [-0.15, -0.1) is 0 Å². The minimum absolute atomic E-state index is 0.0369. The molecule has 1 fully saturated rings. The molecule has 2 aromatic carbocycles. The summed E-state index contributed by atoms with van der Waals surface area (Å²) >= 11 is 0. The summed E-state index contributed by atoms with van der Waals surface area (Å²) in [5.74, 6) is 0.901. The summed E-state index contributed by atoms with van der Waals surface area (Å²) in [4.78, 5) is 28.1. The summed E-state index contributed by atoms with van der Waals surface area (Å²) in [6, 6.07) is 15.4. The van der Waals surface area contributed by atoms with Gasteiger partial charge in [-0.05, 0) is 36.4 Å². The number of para-hydroxylation sites is 1. The third kappa shape index (κ3) is 4.30. The van der Waals surface area contributed by atoms with Crippen molar-refractivity contribution in [3.05, 3.63) is 70.5 Å². The van der Waals surface area contributed by atoms with Gasteiger partial charge in [-0.1, -0.05) is 12.1 Å². The first-order valence-corrected chi connectivity index (χ1v) is 9.83. The Morgan fingerprint density at radius 3 is 2.55 bits per heavy atom. The van der Waals surface area contributed by atoms with E-state index in [9.17, 15) is 9.59 Å². The number of benzene rings is 2. The van der Waals surface area contributed by atoms with Crippen molar-refractivity contribution < 1.29 is 14.4 Å². The number of nitrogens with zero attached hydrogens (tertiary/aromatic N) is 3. The molecule has 1 aromatic heterocycles. The van der Waals surface area contributed by atoms with Crippen molar-refractivity contribution in [3.63, 3.8) is 0 Å². The van der Waals surface area contributed by atoms with E-state index >= 15 is 0 Å². The maximum atomic E-state index is 12.8. The van der Waals surface area contributed by atoms with E-state index in [1.54, 1.807) is 17.9 Å². The van der Waals surface area contributed by atoms with Crippen LogP contribution in [-0.2, 0) is 17.9 Å². The third-order valence-electron chi connectivity index (χ3n) is 5.48. The van der Waals surface area contributed by atoms with E-state index in [0.29, 0.717) is 10.9 Å². The fraction of sp³-hybridized carbons (Fsp3) is 0.318. The Hall–Kier alpha value is -3.19. The van der Waals surface area contributed by atoms with E-state index in [1.165, 1.54) is 16.7 Å². The second-order valence-corrected chi connectivity index (χ2v) is 7.34. The van der Waals surface area contributed by atoms with Crippen LogP contribution in [-0.4, -0.2) is 53.9 Å². The summed E-state index contributed by atoms with van der Waals surface area (Å²) < 4.78 is 6.83. The number of piperazine rings is 1. The lowest BCUT2D eigenvalue weighted by Crippen LogP contribution is -3.13. The second-order valence-electron chi connectivity index (χ2n) is 7.34. The Kier molecular flexibility index (Phi) is 5.57. The lowest BCUT2D eigenvalue weighted by molar-refractivity contribution is -0.917. The molecule has 0 aliphatic carbocycles. The van der Waals surface area contributed by atoms with Crippen molar-refractivity contribution in [3.8, 4) is 5.75 Å². The molecule has 1 aliphatic heterocycles. The minimum atomic E-state index is -0.125. The maximum absolute atomic E-state index is 12.8. The monoisotopic (exact) mass is 393 g/mol.